The van der Waals surface area contributed by atoms with Gasteiger partial charge in [0.2, 0.25) is 0 Å². The fourth-order valence-electron chi connectivity index (χ4n) is 7.03. The van der Waals surface area contributed by atoms with Crippen molar-refractivity contribution < 1.29 is 28.6 Å². The molecule has 6 heteroatoms. The third-order valence-corrected chi connectivity index (χ3v) is 10.9. The monoisotopic (exact) mass is 901 g/mol. The molecule has 0 aromatic heterocycles. The van der Waals surface area contributed by atoms with Crippen LogP contribution in [0.4, 0.5) is 0 Å². The summed E-state index contributed by atoms with van der Waals surface area (Å²) in [6.45, 7) is 6.29. The van der Waals surface area contributed by atoms with Gasteiger partial charge in [-0.05, 0) is 64.2 Å². The van der Waals surface area contributed by atoms with Crippen molar-refractivity contribution >= 4 is 17.9 Å². The summed E-state index contributed by atoms with van der Waals surface area (Å²) in [5.41, 5.74) is 0. The molecule has 0 aliphatic heterocycles. The first-order valence-electron chi connectivity index (χ1n) is 26.5. The minimum absolute atomic E-state index is 0.112. The van der Waals surface area contributed by atoms with Crippen LogP contribution in [-0.2, 0) is 28.6 Å². The van der Waals surface area contributed by atoms with E-state index in [4.69, 9.17) is 14.2 Å². The molecule has 0 aromatic carbocycles. The van der Waals surface area contributed by atoms with Gasteiger partial charge in [0, 0.05) is 19.3 Å². The van der Waals surface area contributed by atoms with E-state index in [2.05, 4.69) is 69.4 Å². The number of rotatable bonds is 46. The van der Waals surface area contributed by atoms with Gasteiger partial charge in [0.15, 0.2) is 6.10 Å². The van der Waals surface area contributed by atoms with Gasteiger partial charge in [-0.1, -0.05) is 252 Å². The van der Waals surface area contributed by atoms with Gasteiger partial charge < -0.3 is 14.2 Å². The molecule has 0 rings (SSSR count). The van der Waals surface area contributed by atoms with Crippen LogP contribution in [0.2, 0.25) is 0 Å². The Morgan fingerprint density at radius 3 is 1.17 bits per heavy atom. The Hall–Kier alpha value is -3.93. The lowest BCUT2D eigenvalue weighted by atomic mass is 10.0. The van der Waals surface area contributed by atoms with E-state index in [0.29, 0.717) is 19.3 Å². The van der Waals surface area contributed by atoms with E-state index in [1.54, 1.807) is 0 Å². The highest BCUT2D eigenvalue weighted by Gasteiger charge is 2.19. The molecule has 0 bridgehead atoms. The van der Waals surface area contributed by atoms with Crippen molar-refractivity contribution in [3.63, 3.8) is 0 Å². The molecule has 368 valence electrons. The molecule has 0 saturated heterocycles. The maximum atomic E-state index is 12.8. The molecule has 1 unspecified atom stereocenters. The number of hydrogen-bond acceptors (Lipinski definition) is 6. The molecule has 0 aromatic rings. The number of ether oxygens (including phenoxy) is 3. The topological polar surface area (TPSA) is 78.9 Å². The second-order valence-electron chi connectivity index (χ2n) is 17.2. The van der Waals surface area contributed by atoms with Crippen LogP contribution in [0.3, 0.4) is 0 Å². The quantitative estimate of drug-likeness (QED) is 0.0199. The zero-order valence-electron chi connectivity index (χ0n) is 42.0. The Morgan fingerprint density at radius 1 is 0.338 bits per heavy atom. The van der Waals surface area contributed by atoms with E-state index < -0.39 is 6.10 Å². The molecule has 0 aliphatic carbocycles. The van der Waals surface area contributed by atoms with Crippen molar-refractivity contribution in [1.29, 1.82) is 0 Å². The van der Waals surface area contributed by atoms with Crippen molar-refractivity contribution in [2.24, 2.45) is 0 Å². The first-order chi connectivity index (χ1) is 32.0. The smallest absolute Gasteiger partial charge is 0.306 e. The first kappa shape index (κ1) is 61.1. The fourth-order valence-corrected chi connectivity index (χ4v) is 7.03. The van der Waals surface area contributed by atoms with Gasteiger partial charge in [0.05, 0.1) is 0 Å². The molecule has 0 N–H and O–H groups in total. The minimum atomic E-state index is -0.821. The molecular formula is C59H96O6. The molecule has 0 saturated carbocycles. The summed E-state index contributed by atoms with van der Waals surface area (Å²) < 4.78 is 16.7. The summed E-state index contributed by atoms with van der Waals surface area (Å²) in [4.78, 5) is 38.0. The van der Waals surface area contributed by atoms with Gasteiger partial charge in [-0.2, -0.15) is 0 Å². The third-order valence-electron chi connectivity index (χ3n) is 10.9. The van der Waals surface area contributed by atoms with Crippen molar-refractivity contribution in [2.75, 3.05) is 13.2 Å². The zero-order chi connectivity index (χ0) is 47.2. The minimum Gasteiger partial charge on any atom is -0.462 e. The van der Waals surface area contributed by atoms with Crippen molar-refractivity contribution in [2.45, 2.75) is 232 Å². The second-order valence-corrected chi connectivity index (χ2v) is 17.2. The maximum absolute atomic E-state index is 12.8. The van der Waals surface area contributed by atoms with E-state index in [0.717, 1.165) is 70.6 Å². The zero-order valence-corrected chi connectivity index (χ0v) is 42.0. The molecule has 6 nitrogen and oxygen atoms in total. The molecule has 65 heavy (non-hydrogen) atoms. The molecule has 0 fully saturated rings. The Bertz CT molecular complexity index is 1360. The summed E-state index contributed by atoms with van der Waals surface area (Å²) in [5, 5.41) is 0. The summed E-state index contributed by atoms with van der Waals surface area (Å²) >= 11 is 0. The maximum Gasteiger partial charge on any atom is 0.306 e. The van der Waals surface area contributed by atoms with Crippen LogP contribution in [0.1, 0.15) is 226 Å². The number of carbonyl (C=O) groups excluding carboxylic acids is 3. The molecule has 0 heterocycles. The summed E-state index contributed by atoms with van der Waals surface area (Å²) in [5.74, 6) is -1.02. The lowest BCUT2D eigenvalue weighted by molar-refractivity contribution is -0.167. The van der Waals surface area contributed by atoms with Crippen LogP contribution >= 0.6 is 0 Å². The highest BCUT2D eigenvalue weighted by molar-refractivity contribution is 5.71. The van der Waals surface area contributed by atoms with Crippen molar-refractivity contribution in [3.8, 4) is 0 Å². The number of hydrogen-bond donors (Lipinski definition) is 0. The van der Waals surface area contributed by atoms with Gasteiger partial charge in [-0.3, -0.25) is 14.4 Å². The average Bonchev–Trinajstić information content (AvgIpc) is 3.30. The van der Waals surface area contributed by atoms with E-state index in [-0.39, 0.29) is 44.0 Å². The lowest BCUT2D eigenvalue weighted by Gasteiger charge is -2.18. The van der Waals surface area contributed by atoms with Crippen LogP contribution < -0.4 is 0 Å². The molecular weight excluding hydrogens is 805 g/mol. The van der Waals surface area contributed by atoms with E-state index >= 15 is 0 Å². The van der Waals surface area contributed by atoms with Crippen LogP contribution in [0.5, 0.6) is 0 Å². The number of carbonyl (C=O) groups is 3. The third kappa shape index (κ3) is 50.9. The molecule has 0 aliphatic rings. The van der Waals surface area contributed by atoms with Gasteiger partial charge in [0.25, 0.3) is 0 Å². The highest BCUT2D eigenvalue weighted by atomic mass is 16.6. The Morgan fingerprint density at radius 2 is 0.692 bits per heavy atom. The second kappa shape index (κ2) is 52.7. The van der Waals surface area contributed by atoms with Gasteiger partial charge >= 0.3 is 17.9 Å². The van der Waals surface area contributed by atoms with E-state index in [1.807, 2.05) is 60.8 Å². The van der Waals surface area contributed by atoms with Crippen molar-refractivity contribution in [3.05, 3.63) is 109 Å². The predicted octanol–water partition coefficient (Wildman–Crippen LogP) is 17.5. The van der Waals surface area contributed by atoms with Gasteiger partial charge in [-0.25, -0.2) is 0 Å². The van der Waals surface area contributed by atoms with Gasteiger partial charge in [0.1, 0.15) is 13.2 Å². The Kier molecular flexibility index (Phi) is 49.5. The SMILES string of the molecule is CC\C=C/C=C\C=C/C=C\C=C\C=C/CCCCCC(=O)OC(COC(=O)CCC/C=C\C/C=C\C/C=C\CC)COC(=O)CCCCCCCCCCCCCCCCCCCCC. The molecule has 0 spiro atoms. The van der Waals surface area contributed by atoms with E-state index in [9.17, 15) is 14.4 Å². The van der Waals surface area contributed by atoms with Crippen LogP contribution in [-0.4, -0.2) is 37.2 Å². The Balaban J connectivity index is 4.46. The molecule has 0 radical (unpaired) electrons. The fraction of sp³-hybridized carbons (Fsp3) is 0.644. The van der Waals surface area contributed by atoms with Crippen LogP contribution in [0.15, 0.2) is 109 Å². The number of allylic oxidation sites excluding steroid dienone is 18. The summed E-state index contributed by atoms with van der Waals surface area (Å²) in [6, 6.07) is 0. The average molecular weight is 901 g/mol. The lowest BCUT2D eigenvalue weighted by Crippen LogP contribution is -2.30. The Labute approximate surface area is 400 Å². The van der Waals surface area contributed by atoms with Crippen molar-refractivity contribution in [1.82, 2.24) is 0 Å². The number of unbranched alkanes of at least 4 members (excludes halogenated alkanes) is 22. The van der Waals surface area contributed by atoms with Gasteiger partial charge in [-0.15, -0.1) is 0 Å². The standard InChI is InChI=1S/C59H96O6/c1-4-7-10-13-16-19-22-24-26-28-29-31-32-34-37-40-43-46-49-52-58(61)64-55-56(54-63-57(60)51-48-45-42-39-36-21-18-15-12-9-6-3)65-59(62)53-50-47-44-41-38-35-33-30-27-25-23-20-17-14-11-8-5-2/h8-9,11-12,14,17-18,20-21,23,25,27,30,33,35,38-39,42,56H,4-7,10,13,15-16,19,22,24,26,28-29,31-32,34,36-37,40-41,43-55H2,1-3H3/b11-8-,12-9-,17-14-,21-18-,23-20-,27-25-,33-30+,38-35-,42-39-. The van der Waals surface area contributed by atoms with Crippen LogP contribution in [0, 0.1) is 0 Å². The predicted molar refractivity (Wildman–Crippen MR) is 279 cm³/mol. The summed E-state index contributed by atoms with van der Waals surface area (Å²) in [6.07, 6.45) is 70.9. The molecule has 0 amide bonds. The number of esters is 3. The first-order valence-corrected chi connectivity index (χ1v) is 26.5. The van der Waals surface area contributed by atoms with E-state index in [1.165, 1.54) is 103 Å². The largest absolute Gasteiger partial charge is 0.462 e. The highest BCUT2D eigenvalue weighted by Crippen LogP contribution is 2.15. The molecule has 1 atom stereocenters. The normalized spacial score (nSPS) is 13.0. The summed E-state index contributed by atoms with van der Waals surface area (Å²) in [7, 11) is 0. The van der Waals surface area contributed by atoms with Crippen LogP contribution in [0.25, 0.3) is 0 Å².